The van der Waals surface area contributed by atoms with E-state index in [2.05, 4.69) is 5.10 Å². The predicted octanol–water partition coefficient (Wildman–Crippen LogP) is 6.38. The molecule has 0 aliphatic rings. The standard InChI is InChI=1S/C25H18Cl2F3N3O3/c26-17-8-6-16(7-9-17)22-31-33(24(36)32(22)12-11-25(28,29)30)14-15-5-10-19(23(34)35)20(13-15)18-3-1-2-4-21(18)27/h1-10,13H,11-12,14H2,(H,34,35). The average Bonchev–Trinajstić information content (AvgIpc) is 3.13. The maximum atomic E-state index is 13.1. The van der Waals surface area contributed by atoms with Gasteiger partial charge in [0.15, 0.2) is 5.82 Å². The van der Waals surface area contributed by atoms with Crippen LogP contribution in [-0.2, 0) is 13.1 Å². The third kappa shape index (κ3) is 5.63. The number of aromatic carboxylic acids is 1. The van der Waals surface area contributed by atoms with Gasteiger partial charge in [0.05, 0.1) is 18.5 Å². The van der Waals surface area contributed by atoms with E-state index in [0.29, 0.717) is 32.3 Å². The molecule has 1 aromatic heterocycles. The van der Waals surface area contributed by atoms with E-state index >= 15 is 0 Å². The van der Waals surface area contributed by atoms with E-state index in [0.717, 1.165) is 9.25 Å². The Balaban J connectivity index is 1.78. The molecule has 0 bridgehead atoms. The second kappa shape index (κ2) is 10.2. The lowest BCUT2D eigenvalue weighted by Gasteiger charge is -2.11. The van der Waals surface area contributed by atoms with Gasteiger partial charge in [-0.05, 0) is 53.6 Å². The Kier molecular flexibility index (Phi) is 7.23. The lowest BCUT2D eigenvalue weighted by Crippen LogP contribution is -2.27. The summed E-state index contributed by atoms with van der Waals surface area (Å²) in [5.74, 6) is -1.09. The van der Waals surface area contributed by atoms with Gasteiger partial charge in [-0.3, -0.25) is 4.57 Å². The molecule has 36 heavy (non-hydrogen) atoms. The minimum atomic E-state index is -4.46. The molecule has 0 saturated heterocycles. The Bertz CT molecular complexity index is 1480. The van der Waals surface area contributed by atoms with Crippen LogP contribution < -0.4 is 5.69 Å². The Labute approximate surface area is 213 Å². The Morgan fingerprint density at radius 2 is 1.67 bits per heavy atom. The second-order valence-electron chi connectivity index (χ2n) is 7.95. The molecular weight excluding hydrogens is 518 g/mol. The summed E-state index contributed by atoms with van der Waals surface area (Å²) in [4.78, 5) is 24.9. The van der Waals surface area contributed by atoms with Crippen molar-refractivity contribution in [2.24, 2.45) is 0 Å². The zero-order valence-corrected chi connectivity index (χ0v) is 20.0. The molecule has 4 aromatic rings. The first kappa shape index (κ1) is 25.5. The number of carbonyl (C=O) groups is 1. The molecule has 6 nitrogen and oxygen atoms in total. The highest BCUT2D eigenvalue weighted by atomic mass is 35.5. The van der Waals surface area contributed by atoms with Gasteiger partial charge in [0.2, 0.25) is 0 Å². The third-order valence-corrected chi connectivity index (χ3v) is 6.04. The van der Waals surface area contributed by atoms with E-state index in [1.165, 1.54) is 12.1 Å². The average molecular weight is 536 g/mol. The van der Waals surface area contributed by atoms with Crippen LogP contribution in [0, 0.1) is 0 Å². The number of aromatic nitrogens is 3. The van der Waals surface area contributed by atoms with Crippen LogP contribution >= 0.6 is 23.2 Å². The van der Waals surface area contributed by atoms with Crippen LogP contribution in [0.25, 0.3) is 22.5 Å². The minimum Gasteiger partial charge on any atom is -0.478 e. The lowest BCUT2D eigenvalue weighted by atomic mass is 9.97. The van der Waals surface area contributed by atoms with E-state index in [1.807, 2.05) is 0 Å². The highest BCUT2D eigenvalue weighted by molar-refractivity contribution is 6.33. The van der Waals surface area contributed by atoms with Crippen LogP contribution in [0.3, 0.4) is 0 Å². The summed E-state index contributed by atoms with van der Waals surface area (Å²) in [6, 6.07) is 17.4. The van der Waals surface area contributed by atoms with Crippen molar-refractivity contribution in [3.05, 3.63) is 98.4 Å². The van der Waals surface area contributed by atoms with Crippen molar-refractivity contribution >= 4 is 29.2 Å². The van der Waals surface area contributed by atoms with E-state index in [-0.39, 0.29) is 17.9 Å². The largest absolute Gasteiger partial charge is 0.478 e. The summed E-state index contributed by atoms with van der Waals surface area (Å²) in [5.41, 5.74) is 1.05. The number of carboxylic acid groups (broad SMARTS) is 1. The first-order valence-electron chi connectivity index (χ1n) is 10.6. The van der Waals surface area contributed by atoms with Gasteiger partial charge < -0.3 is 5.11 Å². The van der Waals surface area contributed by atoms with Crippen molar-refractivity contribution in [2.45, 2.75) is 25.7 Å². The summed E-state index contributed by atoms with van der Waals surface area (Å²) in [5, 5.41) is 14.7. The zero-order valence-electron chi connectivity index (χ0n) is 18.5. The number of hydrogen-bond acceptors (Lipinski definition) is 3. The maximum Gasteiger partial charge on any atom is 0.390 e. The summed E-state index contributed by atoms with van der Waals surface area (Å²) in [6.07, 6.45) is -5.67. The van der Waals surface area contributed by atoms with Gasteiger partial charge in [-0.1, -0.05) is 47.5 Å². The molecule has 0 saturated carbocycles. The van der Waals surface area contributed by atoms with Crippen molar-refractivity contribution in [3.63, 3.8) is 0 Å². The van der Waals surface area contributed by atoms with E-state index in [1.54, 1.807) is 54.6 Å². The number of nitrogens with zero attached hydrogens (tertiary/aromatic N) is 3. The molecular formula is C25H18Cl2F3N3O3. The molecule has 0 aliphatic heterocycles. The van der Waals surface area contributed by atoms with Gasteiger partial charge >= 0.3 is 17.8 Å². The third-order valence-electron chi connectivity index (χ3n) is 5.45. The number of hydrogen-bond donors (Lipinski definition) is 1. The quantitative estimate of drug-likeness (QED) is 0.297. The molecule has 0 amide bonds. The topological polar surface area (TPSA) is 77.1 Å². The number of halogens is 5. The summed E-state index contributed by atoms with van der Waals surface area (Å²) < 4.78 is 40.8. The molecule has 0 fully saturated rings. The molecule has 4 rings (SSSR count). The van der Waals surface area contributed by atoms with Crippen LogP contribution in [0.15, 0.2) is 71.5 Å². The van der Waals surface area contributed by atoms with Crippen LogP contribution in [0.4, 0.5) is 13.2 Å². The smallest absolute Gasteiger partial charge is 0.390 e. The molecule has 3 aromatic carbocycles. The molecule has 186 valence electrons. The molecule has 0 aliphatic carbocycles. The maximum absolute atomic E-state index is 13.1. The molecule has 1 N–H and O–H groups in total. The van der Waals surface area contributed by atoms with Gasteiger partial charge in [-0.2, -0.15) is 13.2 Å². The van der Waals surface area contributed by atoms with Gasteiger partial charge in [-0.15, -0.1) is 5.10 Å². The summed E-state index contributed by atoms with van der Waals surface area (Å²) >= 11 is 12.2. The SMILES string of the molecule is O=C(O)c1ccc(Cn2nc(-c3ccc(Cl)cc3)n(CCC(F)(F)F)c2=O)cc1-c1ccccc1Cl. The van der Waals surface area contributed by atoms with Crippen LogP contribution in [-0.4, -0.2) is 31.6 Å². The normalized spacial score (nSPS) is 11.6. The van der Waals surface area contributed by atoms with Crippen molar-refractivity contribution in [3.8, 4) is 22.5 Å². The van der Waals surface area contributed by atoms with Crippen molar-refractivity contribution in [1.29, 1.82) is 0 Å². The fourth-order valence-electron chi connectivity index (χ4n) is 3.75. The van der Waals surface area contributed by atoms with E-state index in [9.17, 15) is 27.9 Å². The van der Waals surface area contributed by atoms with Gasteiger partial charge in [0, 0.05) is 27.7 Å². The summed E-state index contributed by atoms with van der Waals surface area (Å²) in [6.45, 7) is -0.709. The van der Waals surface area contributed by atoms with Gasteiger partial charge in [0.25, 0.3) is 0 Å². The van der Waals surface area contributed by atoms with E-state index in [4.69, 9.17) is 23.2 Å². The number of benzene rings is 3. The van der Waals surface area contributed by atoms with Crippen LogP contribution in [0.5, 0.6) is 0 Å². The molecule has 1 heterocycles. The zero-order chi connectivity index (χ0) is 26.0. The highest BCUT2D eigenvalue weighted by Gasteiger charge is 2.28. The highest BCUT2D eigenvalue weighted by Crippen LogP contribution is 2.31. The molecule has 0 unspecified atom stereocenters. The van der Waals surface area contributed by atoms with Crippen LogP contribution in [0.2, 0.25) is 10.0 Å². The first-order valence-corrected chi connectivity index (χ1v) is 11.4. The van der Waals surface area contributed by atoms with Gasteiger partial charge in [0.1, 0.15) is 0 Å². The fraction of sp³-hybridized carbons (Fsp3) is 0.160. The Morgan fingerprint density at radius 1 is 0.972 bits per heavy atom. The minimum absolute atomic E-state index is 0.0109. The van der Waals surface area contributed by atoms with E-state index < -0.39 is 30.8 Å². The van der Waals surface area contributed by atoms with Crippen molar-refractivity contribution < 1.29 is 23.1 Å². The monoisotopic (exact) mass is 535 g/mol. The summed E-state index contributed by atoms with van der Waals surface area (Å²) in [7, 11) is 0. The number of alkyl halides is 3. The second-order valence-corrected chi connectivity index (χ2v) is 8.80. The lowest BCUT2D eigenvalue weighted by molar-refractivity contribution is -0.136. The van der Waals surface area contributed by atoms with Crippen LogP contribution in [0.1, 0.15) is 22.3 Å². The first-order chi connectivity index (χ1) is 17.0. The number of rotatable bonds is 7. The molecule has 0 radical (unpaired) electrons. The molecule has 0 spiro atoms. The fourth-order valence-corrected chi connectivity index (χ4v) is 4.11. The number of carboxylic acids is 1. The Morgan fingerprint density at radius 3 is 2.31 bits per heavy atom. The Hall–Kier alpha value is -3.56. The predicted molar refractivity (Wildman–Crippen MR) is 131 cm³/mol. The molecule has 0 atom stereocenters. The van der Waals surface area contributed by atoms with Crippen molar-refractivity contribution in [1.82, 2.24) is 14.3 Å². The van der Waals surface area contributed by atoms with Gasteiger partial charge in [-0.25, -0.2) is 14.3 Å². The molecule has 11 heteroatoms. The van der Waals surface area contributed by atoms with Crippen molar-refractivity contribution in [2.75, 3.05) is 0 Å².